The van der Waals surface area contributed by atoms with Crippen LogP contribution in [0.5, 0.6) is 17.2 Å². The molecule has 2 saturated heterocycles. The van der Waals surface area contributed by atoms with Gasteiger partial charge in [0.05, 0.1) is 23.6 Å². The van der Waals surface area contributed by atoms with Gasteiger partial charge in [0.15, 0.2) is 11.5 Å². The summed E-state index contributed by atoms with van der Waals surface area (Å²) in [4.78, 5) is 27.6. The van der Waals surface area contributed by atoms with Crippen LogP contribution in [0.25, 0.3) is 0 Å². The smallest absolute Gasteiger partial charge is 0.243 e. The van der Waals surface area contributed by atoms with Crippen LogP contribution in [0, 0.1) is 5.92 Å². The van der Waals surface area contributed by atoms with Gasteiger partial charge in [0.2, 0.25) is 21.8 Å². The Morgan fingerprint density at radius 1 is 1.03 bits per heavy atom. The van der Waals surface area contributed by atoms with Gasteiger partial charge in [-0.05, 0) is 43.2 Å². The van der Waals surface area contributed by atoms with Crippen molar-refractivity contribution in [2.75, 3.05) is 50.2 Å². The fraction of sp³-hybridized carbons (Fsp3) is 0.440. The standard InChI is InChI=1S/C25H29N3O7S/c1-33-21-8-6-19(36(31,32)27-9-3-2-4-10-27)15-20(21)26-25(30)17-13-24(29)28(16-17)18-5-7-22-23(14-18)35-12-11-34-22/h5-8,14-15,17H,2-4,9-13,16H2,1H3,(H,26,30)/t17-/m0/s1. The van der Waals surface area contributed by atoms with E-state index in [1.807, 2.05) is 0 Å². The SMILES string of the molecule is COc1ccc(S(=O)(=O)N2CCCCC2)cc1NC(=O)[C@H]1CC(=O)N(c2ccc3c(c2)OCCO3)C1. The van der Waals surface area contributed by atoms with E-state index in [0.717, 1.165) is 19.3 Å². The van der Waals surface area contributed by atoms with Crippen molar-refractivity contribution in [1.82, 2.24) is 4.31 Å². The lowest BCUT2D eigenvalue weighted by Crippen LogP contribution is -2.35. The van der Waals surface area contributed by atoms with Gasteiger partial charge in [-0.3, -0.25) is 9.59 Å². The number of rotatable bonds is 6. The third kappa shape index (κ3) is 4.72. The number of nitrogens with zero attached hydrogens (tertiary/aromatic N) is 2. The zero-order valence-electron chi connectivity index (χ0n) is 20.1. The summed E-state index contributed by atoms with van der Waals surface area (Å²) in [7, 11) is -2.23. The van der Waals surface area contributed by atoms with Gasteiger partial charge < -0.3 is 24.4 Å². The van der Waals surface area contributed by atoms with Gasteiger partial charge in [0.25, 0.3) is 0 Å². The molecule has 1 atom stereocenters. The maximum Gasteiger partial charge on any atom is 0.243 e. The lowest BCUT2D eigenvalue weighted by atomic mass is 10.1. The molecular formula is C25H29N3O7S. The Morgan fingerprint density at radius 2 is 1.78 bits per heavy atom. The Balaban J connectivity index is 1.32. The summed E-state index contributed by atoms with van der Waals surface area (Å²) in [5.41, 5.74) is 0.887. The molecule has 0 radical (unpaired) electrons. The Morgan fingerprint density at radius 3 is 2.53 bits per heavy atom. The predicted octanol–water partition coefficient (Wildman–Crippen LogP) is 2.63. The van der Waals surface area contributed by atoms with E-state index < -0.39 is 15.9 Å². The van der Waals surface area contributed by atoms with Crippen molar-refractivity contribution < 1.29 is 32.2 Å². The van der Waals surface area contributed by atoms with Crippen LogP contribution in [0.1, 0.15) is 25.7 Å². The molecule has 3 aliphatic heterocycles. The first kappa shape index (κ1) is 24.4. The number of ether oxygens (including phenoxy) is 3. The van der Waals surface area contributed by atoms with Crippen molar-refractivity contribution in [2.24, 2.45) is 5.92 Å². The first-order chi connectivity index (χ1) is 17.4. The number of amides is 2. The molecule has 3 heterocycles. The van der Waals surface area contributed by atoms with Crippen LogP contribution in [0.2, 0.25) is 0 Å². The molecule has 3 aliphatic rings. The van der Waals surface area contributed by atoms with Gasteiger partial charge in [0, 0.05) is 37.8 Å². The molecule has 0 spiro atoms. The number of piperidine rings is 1. The van der Waals surface area contributed by atoms with Crippen LogP contribution in [0.4, 0.5) is 11.4 Å². The summed E-state index contributed by atoms with van der Waals surface area (Å²) in [6.45, 7) is 2.06. The number of hydrogen-bond acceptors (Lipinski definition) is 7. The van der Waals surface area contributed by atoms with E-state index in [0.29, 0.717) is 49.2 Å². The molecule has 0 aromatic heterocycles. The Bertz CT molecular complexity index is 1270. The number of hydrogen-bond donors (Lipinski definition) is 1. The largest absolute Gasteiger partial charge is 0.495 e. The van der Waals surface area contributed by atoms with E-state index in [1.165, 1.54) is 29.6 Å². The molecule has 0 bridgehead atoms. The van der Waals surface area contributed by atoms with Crippen molar-refractivity contribution in [1.29, 1.82) is 0 Å². The van der Waals surface area contributed by atoms with Gasteiger partial charge in [0.1, 0.15) is 19.0 Å². The Kier molecular flexibility index (Phi) is 6.76. The van der Waals surface area contributed by atoms with Crippen LogP contribution in [0.15, 0.2) is 41.3 Å². The monoisotopic (exact) mass is 515 g/mol. The molecule has 2 fully saturated rings. The first-order valence-corrected chi connectivity index (χ1v) is 13.5. The molecule has 192 valence electrons. The number of fused-ring (bicyclic) bond motifs is 1. The molecule has 2 aromatic carbocycles. The number of anilines is 2. The van der Waals surface area contributed by atoms with E-state index in [1.54, 1.807) is 23.1 Å². The predicted molar refractivity (Wildman–Crippen MR) is 132 cm³/mol. The van der Waals surface area contributed by atoms with Crippen LogP contribution >= 0.6 is 0 Å². The highest BCUT2D eigenvalue weighted by Crippen LogP contribution is 2.36. The molecule has 0 saturated carbocycles. The number of sulfonamides is 1. The van der Waals surface area contributed by atoms with Crippen molar-refractivity contribution in [3.05, 3.63) is 36.4 Å². The van der Waals surface area contributed by atoms with Crippen molar-refractivity contribution in [2.45, 2.75) is 30.6 Å². The molecule has 5 rings (SSSR count). The highest BCUT2D eigenvalue weighted by atomic mass is 32.2. The van der Waals surface area contributed by atoms with Gasteiger partial charge in [-0.15, -0.1) is 0 Å². The van der Waals surface area contributed by atoms with Gasteiger partial charge in [-0.25, -0.2) is 8.42 Å². The van der Waals surface area contributed by atoms with E-state index in [-0.39, 0.29) is 35.4 Å². The lowest BCUT2D eigenvalue weighted by molar-refractivity contribution is -0.122. The maximum atomic E-state index is 13.2. The van der Waals surface area contributed by atoms with Gasteiger partial charge in [-0.2, -0.15) is 4.31 Å². The molecule has 36 heavy (non-hydrogen) atoms. The minimum atomic E-state index is -3.68. The highest BCUT2D eigenvalue weighted by molar-refractivity contribution is 7.89. The number of benzene rings is 2. The van der Waals surface area contributed by atoms with Gasteiger partial charge >= 0.3 is 0 Å². The fourth-order valence-electron chi connectivity index (χ4n) is 4.77. The number of methoxy groups -OCH3 is 1. The van der Waals surface area contributed by atoms with Crippen LogP contribution < -0.4 is 24.4 Å². The third-order valence-electron chi connectivity index (χ3n) is 6.71. The molecule has 0 aliphatic carbocycles. The normalized spacial score (nSPS) is 20.3. The minimum Gasteiger partial charge on any atom is -0.495 e. The summed E-state index contributed by atoms with van der Waals surface area (Å²) in [5, 5.41) is 2.79. The quantitative estimate of drug-likeness (QED) is 0.629. The molecule has 11 heteroatoms. The molecule has 2 amide bonds. The van der Waals surface area contributed by atoms with Crippen LogP contribution in [0.3, 0.4) is 0 Å². The number of carbonyl (C=O) groups excluding carboxylic acids is 2. The second-order valence-corrected chi connectivity index (χ2v) is 11.0. The van der Waals surface area contributed by atoms with E-state index >= 15 is 0 Å². The highest BCUT2D eigenvalue weighted by Gasteiger charge is 2.36. The van der Waals surface area contributed by atoms with Crippen molar-refractivity contribution in [3.8, 4) is 17.2 Å². The lowest BCUT2D eigenvalue weighted by Gasteiger charge is -2.26. The molecule has 2 aromatic rings. The topological polar surface area (TPSA) is 114 Å². The molecular weight excluding hydrogens is 486 g/mol. The van der Waals surface area contributed by atoms with E-state index in [2.05, 4.69) is 5.32 Å². The fourth-order valence-corrected chi connectivity index (χ4v) is 6.31. The summed E-state index contributed by atoms with van der Waals surface area (Å²) in [6.07, 6.45) is 2.71. The maximum absolute atomic E-state index is 13.2. The zero-order chi connectivity index (χ0) is 25.3. The summed E-state index contributed by atoms with van der Waals surface area (Å²) < 4.78 is 44.2. The van der Waals surface area contributed by atoms with Crippen molar-refractivity contribution in [3.63, 3.8) is 0 Å². The minimum absolute atomic E-state index is 0.0361. The second-order valence-electron chi connectivity index (χ2n) is 9.05. The number of carbonyl (C=O) groups is 2. The van der Waals surface area contributed by atoms with Crippen molar-refractivity contribution >= 4 is 33.2 Å². The Labute approximate surface area is 210 Å². The average Bonchev–Trinajstić information content (AvgIpc) is 3.30. The van der Waals surface area contributed by atoms with Gasteiger partial charge in [-0.1, -0.05) is 6.42 Å². The molecule has 10 nitrogen and oxygen atoms in total. The Hall–Kier alpha value is -3.31. The summed E-state index contributed by atoms with van der Waals surface area (Å²) >= 11 is 0. The molecule has 1 N–H and O–H groups in total. The summed E-state index contributed by atoms with van der Waals surface area (Å²) in [6, 6.07) is 9.71. The van der Waals surface area contributed by atoms with Crippen LogP contribution in [-0.2, 0) is 19.6 Å². The van der Waals surface area contributed by atoms with E-state index in [9.17, 15) is 18.0 Å². The van der Waals surface area contributed by atoms with Crippen LogP contribution in [-0.4, -0.2) is 64.5 Å². The first-order valence-electron chi connectivity index (χ1n) is 12.1. The molecule has 0 unspecified atom stereocenters. The summed E-state index contributed by atoms with van der Waals surface area (Å²) in [5.74, 6) is 0.356. The zero-order valence-corrected chi connectivity index (χ0v) is 20.9. The second kappa shape index (κ2) is 9.98. The third-order valence-corrected chi connectivity index (χ3v) is 8.61. The van der Waals surface area contributed by atoms with E-state index in [4.69, 9.17) is 14.2 Å². The average molecular weight is 516 g/mol. The number of nitrogens with one attached hydrogen (secondary N) is 1.